The van der Waals surface area contributed by atoms with E-state index in [1.165, 1.54) is 23.6 Å². The molecule has 1 N–H and O–H groups in total. The molecule has 1 aliphatic rings. The monoisotopic (exact) mass is 304 g/mol. The van der Waals surface area contributed by atoms with Gasteiger partial charge in [0.25, 0.3) is 0 Å². The van der Waals surface area contributed by atoms with E-state index < -0.39 is 8.96 Å². The van der Waals surface area contributed by atoms with Crippen LogP contribution < -0.4 is 4.98 Å². The van der Waals surface area contributed by atoms with Crippen LogP contribution in [0.5, 0.6) is 0 Å². The first-order chi connectivity index (χ1) is 9.81. The summed E-state index contributed by atoms with van der Waals surface area (Å²) in [7, 11) is -0.476. The molecule has 1 aliphatic heterocycles. The molecular weight excluding hydrogens is 280 g/mol. The molecule has 3 heterocycles. The van der Waals surface area contributed by atoms with Crippen LogP contribution >= 0.6 is 0 Å². The van der Waals surface area contributed by atoms with Gasteiger partial charge in [0.2, 0.25) is 0 Å². The van der Waals surface area contributed by atoms with Crippen molar-refractivity contribution in [2.24, 2.45) is 0 Å². The maximum Gasteiger partial charge on any atom is 0.157 e. The van der Waals surface area contributed by atoms with Crippen molar-refractivity contribution in [3.63, 3.8) is 0 Å². The van der Waals surface area contributed by atoms with Crippen molar-refractivity contribution < 1.29 is 0 Å². The van der Waals surface area contributed by atoms with Crippen LogP contribution in [-0.4, -0.2) is 33.1 Å². The standard InChI is InChI=1S/C14H24N4Si2/c1-3-11(4-2)12-9-14(17-20-8-7-19-10-20)18-13(16-12)5-6-15-18/h5-6,9,11,17,20H,3-4,7-8,10,19H2,1-2H3/t20-/m0/s1. The zero-order valence-corrected chi connectivity index (χ0v) is 15.0. The fourth-order valence-corrected chi connectivity index (χ4v) is 12.0. The van der Waals surface area contributed by atoms with E-state index in [9.17, 15) is 0 Å². The van der Waals surface area contributed by atoms with Crippen LogP contribution in [0, 0.1) is 0 Å². The molecule has 2 aromatic rings. The van der Waals surface area contributed by atoms with Gasteiger partial charge < -0.3 is 4.98 Å². The Balaban J connectivity index is 1.97. The van der Waals surface area contributed by atoms with Gasteiger partial charge in [-0.05, 0) is 18.9 Å². The van der Waals surface area contributed by atoms with Gasteiger partial charge in [0.15, 0.2) is 5.65 Å². The predicted molar refractivity (Wildman–Crippen MR) is 90.0 cm³/mol. The summed E-state index contributed by atoms with van der Waals surface area (Å²) in [5.74, 6) is 1.75. The van der Waals surface area contributed by atoms with Crippen LogP contribution in [0.4, 0.5) is 5.82 Å². The minimum absolute atomic E-state index is 0.261. The molecule has 3 rings (SSSR count). The van der Waals surface area contributed by atoms with Crippen molar-refractivity contribution in [3.05, 3.63) is 24.0 Å². The summed E-state index contributed by atoms with van der Waals surface area (Å²) in [6.45, 7) is 4.50. The van der Waals surface area contributed by atoms with Crippen LogP contribution in [0.1, 0.15) is 38.3 Å². The molecule has 0 bridgehead atoms. The topological polar surface area (TPSA) is 42.2 Å². The number of nitrogens with one attached hydrogen (secondary N) is 1. The maximum absolute atomic E-state index is 4.80. The first kappa shape index (κ1) is 13.8. The van der Waals surface area contributed by atoms with Crippen LogP contribution in [0.25, 0.3) is 5.65 Å². The Labute approximate surface area is 124 Å². The second kappa shape index (κ2) is 6.09. The summed E-state index contributed by atoms with van der Waals surface area (Å²) < 4.78 is 1.98. The Morgan fingerprint density at radius 2 is 2.30 bits per heavy atom. The zero-order chi connectivity index (χ0) is 13.9. The molecule has 4 nitrogen and oxygen atoms in total. The van der Waals surface area contributed by atoms with Gasteiger partial charge in [-0.2, -0.15) is 5.10 Å². The second-order valence-electron chi connectivity index (χ2n) is 5.81. The summed E-state index contributed by atoms with van der Waals surface area (Å²) in [4.78, 5) is 8.64. The largest absolute Gasteiger partial charge is 0.398 e. The molecule has 1 fully saturated rings. The lowest BCUT2D eigenvalue weighted by molar-refractivity contribution is 0.623. The minimum atomic E-state index is -0.737. The van der Waals surface area contributed by atoms with E-state index in [0.717, 1.165) is 18.5 Å². The van der Waals surface area contributed by atoms with Gasteiger partial charge in [0, 0.05) is 33.3 Å². The number of anilines is 1. The molecule has 0 radical (unpaired) electrons. The fourth-order valence-electron chi connectivity index (χ4n) is 3.23. The normalized spacial score (nSPS) is 20.2. The Kier molecular flexibility index (Phi) is 4.21. The molecule has 0 saturated carbocycles. The van der Waals surface area contributed by atoms with Crippen molar-refractivity contribution >= 4 is 29.9 Å². The fraction of sp³-hybridized carbons (Fsp3) is 0.571. The number of hydrogen-bond acceptors (Lipinski definition) is 3. The summed E-state index contributed by atoms with van der Waals surface area (Å²) in [6.07, 6.45) is 4.16. The van der Waals surface area contributed by atoms with Gasteiger partial charge in [-0.1, -0.05) is 25.6 Å². The lowest BCUT2D eigenvalue weighted by Crippen LogP contribution is -2.23. The van der Waals surface area contributed by atoms with Crippen molar-refractivity contribution in [3.8, 4) is 0 Å². The van der Waals surface area contributed by atoms with E-state index in [2.05, 4.69) is 30.0 Å². The molecule has 108 valence electrons. The Morgan fingerprint density at radius 3 is 3.00 bits per heavy atom. The summed E-state index contributed by atoms with van der Waals surface area (Å²) in [6, 6.07) is 7.28. The smallest absolute Gasteiger partial charge is 0.157 e. The number of rotatable bonds is 5. The van der Waals surface area contributed by atoms with E-state index in [1.54, 1.807) is 5.67 Å². The first-order valence-electron chi connectivity index (χ1n) is 7.93. The highest BCUT2D eigenvalue weighted by Crippen LogP contribution is 2.25. The molecule has 1 atom stereocenters. The molecule has 0 aromatic carbocycles. The lowest BCUT2D eigenvalue weighted by Gasteiger charge is -2.17. The van der Waals surface area contributed by atoms with Crippen molar-refractivity contribution in [1.82, 2.24) is 14.6 Å². The second-order valence-corrected chi connectivity index (χ2v) is 11.8. The van der Waals surface area contributed by atoms with E-state index in [4.69, 9.17) is 4.98 Å². The third-order valence-electron chi connectivity index (χ3n) is 4.49. The van der Waals surface area contributed by atoms with Gasteiger partial charge in [-0.3, -0.25) is 0 Å². The quantitative estimate of drug-likeness (QED) is 0.862. The summed E-state index contributed by atoms with van der Waals surface area (Å²) in [5, 5.41) is 4.44. The van der Waals surface area contributed by atoms with Gasteiger partial charge >= 0.3 is 0 Å². The van der Waals surface area contributed by atoms with Crippen molar-refractivity contribution in [2.75, 3.05) is 4.98 Å². The van der Waals surface area contributed by atoms with Crippen LogP contribution in [0.2, 0.25) is 17.8 Å². The third kappa shape index (κ3) is 2.67. The van der Waals surface area contributed by atoms with Gasteiger partial charge in [0.1, 0.15) is 14.8 Å². The average molecular weight is 305 g/mol. The predicted octanol–water partition coefficient (Wildman–Crippen LogP) is 2.33. The van der Waals surface area contributed by atoms with E-state index in [1.807, 2.05) is 16.8 Å². The molecule has 0 amide bonds. The maximum atomic E-state index is 4.80. The van der Waals surface area contributed by atoms with Crippen LogP contribution in [0.15, 0.2) is 18.3 Å². The third-order valence-corrected chi connectivity index (χ3v) is 12.4. The van der Waals surface area contributed by atoms with E-state index in [0.29, 0.717) is 5.92 Å². The zero-order valence-electron chi connectivity index (χ0n) is 12.5. The molecule has 1 saturated heterocycles. The van der Waals surface area contributed by atoms with Gasteiger partial charge in [-0.25, -0.2) is 9.50 Å². The highest BCUT2D eigenvalue weighted by Gasteiger charge is 2.20. The van der Waals surface area contributed by atoms with Crippen LogP contribution in [-0.2, 0) is 0 Å². The Morgan fingerprint density at radius 1 is 1.45 bits per heavy atom. The molecule has 0 aliphatic carbocycles. The Bertz CT molecular complexity index is 574. The first-order valence-corrected chi connectivity index (χ1v) is 12.1. The van der Waals surface area contributed by atoms with Gasteiger partial charge in [-0.15, -0.1) is 0 Å². The van der Waals surface area contributed by atoms with E-state index in [-0.39, 0.29) is 9.52 Å². The summed E-state index contributed by atoms with van der Waals surface area (Å²) in [5.41, 5.74) is 3.77. The number of nitrogens with zero attached hydrogens (tertiary/aromatic N) is 3. The van der Waals surface area contributed by atoms with Crippen LogP contribution in [0.3, 0.4) is 0 Å². The summed E-state index contributed by atoms with van der Waals surface area (Å²) >= 11 is 0. The molecule has 6 heteroatoms. The van der Waals surface area contributed by atoms with Crippen molar-refractivity contribution in [1.29, 1.82) is 0 Å². The number of fused-ring (bicyclic) bond motifs is 1. The number of aromatic nitrogens is 3. The van der Waals surface area contributed by atoms with E-state index >= 15 is 0 Å². The molecule has 20 heavy (non-hydrogen) atoms. The average Bonchev–Trinajstić information content (AvgIpc) is 3.11. The highest BCUT2D eigenvalue weighted by molar-refractivity contribution is 6.76. The number of hydrogen-bond donors (Lipinski definition) is 1. The molecule has 0 spiro atoms. The Hall–Kier alpha value is -1.15. The van der Waals surface area contributed by atoms with Crippen molar-refractivity contribution in [2.45, 2.75) is 50.4 Å². The van der Waals surface area contributed by atoms with Gasteiger partial charge in [0.05, 0.1) is 6.20 Å². The highest BCUT2D eigenvalue weighted by atomic mass is 28.3. The SMILES string of the molecule is CCC(CC)c1cc(N[Si@H]2CC[SiH2]C2)n2nccc2n1. The minimum Gasteiger partial charge on any atom is -0.398 e. The molecule has 0 unspecified atom stereocenters. The molecular formula is C14H24N4Si2. The molecule has 2 aromatic heterocycles. The lowest BCUT2D eigenvalue weighted by atomic mass is 9.99.